The van der Waals surface area contributed by atoms with Gasteiger partial charge in [0.2, 0.25) is 0 Å². The van der Waals surface area contributed by atoms with Crippen molar-refractivity contribution >= 4 is 11.8 Å². The van der Waals surface area contributed by atoms with Gasteiger partial charge in [0.1, 0.15) is 0 Å². The lowest BCUT2D eigenvalue weighted by Crippen LogP contribution is -2.54. The number of nitrogens with two attached hydrogens (primary N) is 1. The highest BCUT2D eigenvalue weighted by molar-refractivity contribution is 7.99. The number of likely N-dealkylation sites (tertiary alicyclic amines) is 1. The molecular weight excluding hydrogens is 244 g/mol. The Morgan fingerprint density at radius 3 is 2.83 bits per heavy atom. The molecule has 18 heavy (non-hydrogen) atoms. The number of piperidine rings is 1. The number of ether oxygens (including phenoxy) is 1. The van der Waals surface area contributed by atoms with E-state index in [4.69, 9.17) is 10.5 Å². The van der Waals surface area contributed by atoms with Crippen LogP contribution in [-0.4, -0.2) is 53.8 Å². The zero-order valence-electron chi connectivity index (χ0n) is 11.3. The molecule has 3 saturated heterocycles. The molecule has 2 N–H and O–H groups in total. The molecule has 0 aromatic carbocycles. The summed E-state index contributed by atoms with van der Waals surface area (Å²) < 4.78 is 6.18. The monoisotopic (exact) mass is 270 g/mol. The molecule has 0 saturated carbocycles. The molecule has 1 spiro atoms. The quantitative estimate of drug-likeness (QED) is 0.789. The molecule has 2 atom stereocenters. The normalized spacial score (nSPS) is 37.8. The average molecular weight is 270 g/mol. The largest absolute Gasteiger partial charge is 0.375 e. The third kappa shape index (κ3) is 2.87. The van der Waals surface area contributed by atoms with E-state index < -0.39 is 0 Å². The van der Waals surface area contributed by atoms with E-state index >= 15 is 0 Å². The zero-order valence-corrected chi connectivity index (χ0v) is 12.1. The lowest BCUT2D eigenvalue weighted by molar-refractivity contribution is -0.112. The maximum Gasteiger partial charge on any atom is 0.0713 e. The molecule has 0 aromatic rings. The molecule has 0 bridgehead atoms. The van der Waals surface area contributed by atoms with E-state index in [1.807, 2.05) is 0 Å². The minimum absolute atomic E-state index is 0.218. The maximum atomic E-state index is 6.18. The molecular formula is C14H26N2OS. The van der Waals surface area contributed by atoms with E-state index in [9.17, 15) is 0 Å². The van der Waals surface area contributed by atoms with Crippen LogP contribution in [0, 0.1) is 0 Å². The van der Waals surface area contributed by atoms with Crippen molar-refractivity contribution in [2.45, 2.75) is 56.2 Å². The first kappa shape index (κ1) is 13.2. The summed E-state index contributed by atoms with van der Waals surface area (Å²) in [6.07, 6.45) is 7.47. The Kier molecular flexibility index (Phi) is 4.18. The van der Waals surface area contributed by atoms with E-state index in [1.54, 1.807) is 0 Å². The fourth-order valence-corrected chi connectivity index (χ4v) is 5.01. The van der Waals surface area contributed by atoms with Crippen LogP contribution in [0.1, 0.15) is 38.5 Å². The van der Waals surface area contributed by atoms with E-state index in [0.29, 0.717) is 6.04 Å². The molecule has 3 heterocycles. The summed E-state index contributed by atoms with van der Waals surface area (Å²) in [5, 5.41) is 0. The summed E-state index contributed by atoms with van der Waals surface area (Å²) >= 11 is 2.09. The lowest BCUT2D eigenvalue weighted by atomic mass is 9.84. The minimum Gasteiger partial charge on any atom is -0.375 e. The van der Waals surface area contributed by atoms with Gasteiger partial charge in [-0.2, -0.15) is 11.8 Å². The highest BCUT2D eigenvalue weighted by Crippen LogP contribution is 2.39. The molecule has 0 amide bonds. The first-order valence-corrected chi connectivity index (χ1v) is 8.64. The van der Waals surface area contributed by atoms with E-state index in [0.717, 1.165) is 19.2 Å². The maximum absolute atomic E-state index is 6.18. The van der Waals surface area contributed by atoms with Crippen LogP contribution in [0.15, 0.2) is 0 Å². The summed E-state index contributed by atoms with van der Waals surface area (Å²) in [7, 11) is 0. The van der Waals surface area contributed by atoms with Gasteiger partial charge < -0.3 is 10.5 Å². The predicted molar refractivity (Wildman–Crippen MR) is 77.0 cm³/mol. The third-order valence-corrected chi connectivity index (χ3v) is 5.86. The second-order valence-corrected chi connectivity index (χ2v) is 7.41. The van der Waals surface area contributed by atoms with Crippen molar-refractivity contribution in [1.82, 2.24) is 4.90 Å². The summed E-state index contributed by atoms with van der Waals surface area (Å²) in [6, 6.07) is 1.13. The number of hydrogen-bond donors (Lipinski definition) is 1. The van der Waals surface area contributed by atoms with Crippen molar-refractivity contribution in [1.29, 1.82) is 0 Å². The standard InChI is InChI=1S/C14H26N2OS/c15-12-2-1-6-16(11-12)13-3-7-17-14(10-13)4-8-18-9-5-14/h12-13H,1-11,15H2/t12-,13?/m1/s1. The molecule has 3 nitrogen and oxygen atoms in total. The molecule has 3 aliphatic rings. The van der Waals surface area contributed by atoms with Crippen molar-refractivity contribution in [3.05, 3.63) is 0 Å². The van der Waals surface area contributed by atoms with E-state index in [2.05, 4.69) is 16.7 Å². The highest BCUT2D eigenvalue weighted by Gasteiger charge is 2.40. The van der Waals surface area contributed by atoms with Crippen LogP contribution >= 0.6 is 11.8 Å². The van der Waals surface area contributed by atoms with Gasteiger partial charge in [0, 0.05) is 25.2 Å². The number of thioether (sulfide) groups is 1. The van der Waals surface area contributed by atoms with Crippen LogP contribution in [0.2, 0.25) is 0 Å². The van der Waals surface area contributed by atoms with E-state index in [1.165, 1.54) is 56.6 Å². The van der Waals surface area contributed by atoms with Crippen LogP contribution < -0.4 is 5.73 Å². The van der Waals surface area contributed by atoms with Gasteiger partial charge in [0.25, 0.3) is 0 Å². The first-order chi connectivity index (χ1) is 8.77. The molecule has 3 fully saturated rings. The Hall–Kier alpha value is 0.230. The molecule has 3 aliphatic heterocycles. The van der Waals surface area contributed by atoms with Gasteiger partial charge in [-0.1, -0.05) is 0 Å². The van der Waals surface area contributed by atoms with Gasteiger partial charge in [0.05, 0.1) is 5.60 Å². The predicted octanol–water partition coefficient (Wildman–Crippen LogP) is 1.85. The minimum atomic E-state index is 0.218. The molecule has 104 valence electrons. The number of nitrogens with zero attached hydrogens (tertiary/aromatic N) is 1. The van der Waals surface area contributed by atoms with Gasteiger partial charge >= 0.3 is 0 Å². The number of rotatable bonds is 1. The smallest absolute Gasteiger partial charge is 0.0713 e. The Labute approximate surface area is 115 Å². The Balaban J connectivity index is 1.62. The van der Waals surface area contributed by atoms with Crippen molar-refractivity contribution < 1.29 is 4.74 Å². The fraction of sp³-hybridized carbons (Fsp3) is 1.00. The molecule has 3 rings (SSSR count). The zero-order chi connectivity index (χ0) is 12.4. The Morgan fingerprint density at radius 1 is 1.22 bits per heavy atom. The van der Waals surface area contributed by atoms with Crippen molar-refractivity contribution in [3.63, 3.8) is 0 Å². The Morgan fingerprint density at radius 2 is 2.06 bits per heavy atom. The summed E-state index contributed by atoms with van der Waals surface area (Å²) in [4.78, 5) is 2.65. The Bertz CT molecular complexity index is 275. The van der Waals surface area contributed by atoms with Crippen molar-refractivity contribution in [2.24, 2.45) is 5.73 Å². The van der Waals surface area contributed by atoms with Crippen LogP contribution in [0.5, 0.6) is 0 Å². The second kappa shape index (κ2) is 5.70. The fourth-order valence-electron chi connectivity index (χ4n) is 3.78. The molecule has 4 heteroatoms. The van der Waals surface area contributed by atoms with Gasteiger partial charge in [-0.05, 0) is 56.6 Å². The van der Waals surface area contributed by atoms with Crippen LogP contribution in [0.4, 0.5) is 0 Å². The summed E-state index contributed by atoms with van der Waals surface area (Å²) in [5.41, 5.74) is 6.34. The van der Waals surface area contributed by atoms with Gasteiger partial charge in [-0.15, -0.1) is 0 Å². The van der Waals surface area contributed by atoms with Crippen LogP contribution in [0.25, 0.3) is 0 Å². The molecule has 1 unspecified atom stereocenters. The average Bonchev–Trinajstić information content (AvgIpc) is 2.40. The van der Waals surface area contributed by atoms with Crippen LogP contribution in [-0.2, 0) is 4.74 Å². The highest BCUT2D eigenvalue weighted by atomic mass is 32.2. The van der Waals surface area contributed by atoms with Gasteiger partial charge in [-0.3, -0.25) is 4.90 Å². The molecule has 0 aliphatic carbocycles. The van der Waals surface area contributed by atoms with Gasteiger partial charge in [-0.25, -0.2) is 0 Å². The van der Waals surface area contributed by atoms with Gasteiger partial charge in [0.15, 0.2) is 0 Å². The van der Waals surface area contributed by atoms with E-state index in [-0.39, 0.29) is 5.60 Å². The van der Waals surface area contributed by atoms with Crippen molar-refractivity contribution in [2.75, 3.05) is 31.2 Å². The molecule has 0 aromatic heterocycles. The second-order valence-electron chi connectivity index (χ2n) is 6.19. The third-order valence-electron chi connectivity index (χ3n) is 4.88. The topological polar surface area (TPSA) is 38.5 Å². The molecule has 0 radical (unpaired) electrons. The first-order valence-electron chi connectivity index (χ1n) is 7.49. The number of hydrogen-bond acceptors (Lipinski definition) is 4. The van der Waals surface area contributed by atoms with Crippen LogP contribution in [0.3, 0.4) is 0 Å². The summed E-state index contributed by atoms with van der Waals surface area (Å²) in [6.45, 7) is 3.32. The SMILES string of the molecule is N[C@@H]1CCCN(C2CCOC3(CCSCC3)C2)C1. The lowest BCUT2D eigenvalue weighted by Gasteiger charge is -2.47. The van der Waals surface area contributed by atoms with Crippen molar-refractivity contribution in [3.8, 4) is 0 Å². The summed E-state index contributed by atoms with van der Waals surface area (Å²) in [5.74, 6) is 2.57.